The molecule has 1 N–H and O–H groups in total. The summed E-state index contributed by atoms with van der Waals surface area (Å²) in [6.07, 6.45) is 0. The van der Waals surface area contributed by atoms with Crippen molar-refractivity contribution in [3.63, 3.8) is 0 Å². The first-order valence-electron chi connectivity index (χ1n) is 7.29. The van der Waals surface area contributed by atoms with Gasteiger partial charge in [0, 0.05) is 18.1 Å². The van der Waals surface area contributed by atoms with Crippen molar-refractivity contribution in [1.82, 2.24) is 13.5 Å². The third-order valence-corrected chi connectivity index (χ3v) is 4.45. The minimum atomic E-state index is -0.538. The Balaban J connectivity index is 1.97. The number of benzene rings is 1. The first-order valence-corrected chi connectivity index (χ1v) is 8.13. The van der Waals surface area contributed by atoms with E-state index in [1.54, 1.807) is 5.38 Å². The van der Waals surface area contributed by atoms with Crippen LogP contribution in [0, 0.1) is 13.8 Å². The smallest absolute Gasteiger partial charge is 0.324 e. The van der Waals surface area contributed by atoms with Crippen LogP contribution in [-0.2, 0) is 18.4 Å². The number of hydrogen-bond donors (Lipinski definition) is 1. The predicted octanol–water partition coefficient (Wildman–Crippen LogP) is 1.41. The lowest BCUT2D eigenvalue weighted by atomic mass is 10.1. The van der Waals surface area contributed by atoms with Gasteiger partial charge in [-0.3, -0.25) is 18.7 Å². The summed E-state index contributed by atoms with van der Waals surface area (Å²) in [5.41, 5.74) is 2.25. The number of nitrogens with one attached hydrogen (secondary N) is 1. The highest BCUT2D eigenvalue weighted by molar-refractivity contribution is 7.04. The lowest BCUT2D eigenvalue weighted by Crippen LogP contribution is -2.40. The number of amides is 1. The molecule has 0 saturated carbocycles. The molecule has 3 rings (SSSR count). The van der Waals surface area contributed by atoms with Crippen molar-refractivity contribution in [1.29, 1.82) is 0 Å². The number of hydrogen-bond acceptors (Lipinski definition) is 5. The van der Waals surface area contributed by atoms with Crippen LogP contribution in [0.3, 0.4) is 0 Å². The maximum atomic E-state index is 12.4. The van der Waals surface area contributed by atoms with Gasteiger partial charge in [-0.25, -0.2) is 4.79 Å². The first-order chi connectivity index (χ1) is 11.4. The molecule has 0 saturated heterocycles. The topological polar surface area (TPSA) is 86.0 Å². The first kappa shape index (κ1) is 16.1. The Hall–Kier alpha value is -2.74. The number of rotatable bonds is 3. The molecule has 0 radical (unpaired) electrons. The molecule has 0 spiro atoms. The molecule has 0 bridgehead atoms. The second-order valence-electron chi connectivity index (χ2n) is 5.65. The molecule has 0 unspecified atom stereocenters. The zero-order valence-corrected chi connectivity index (χ0v) is 14.3. The van der Waals surface area contributed by atoms with Crippen molar-refractivity contribution in [2.75, 3.05) is 5.32 Å². The largest absolute Gasteiger partial charge is 0.331 e. The predicted molar refractivity (Wildman–Crippen MR) is 93.7 cm³/mol. The van der Waals surface area contributed by atoms with E-state index in [9.17, 15) is 14.4 Å². The summed E-state index contributed by atoms with van der Waals surface area (Å²) in [6.45, 7) is 3.65. The third kappa shape index (κ3) is 2.76. The SMILES string of the molecule is Cc1ccc(C)c(NC(=O)Cn2c(=O)n(C)c(=O)c3nscc32)c1. The molecule has 2 heterocycles. The van der Waals surface area contributed by atoms with E-state index >= 15 is 0 Å². The Morgan fingerprint density at radius 2 is 2.04 bits per heavy atom. The zero-order chi connectivity index (χ0) is 17.4. The molecule has 124 valence electrons. The van der Waals surface area contributed by atoms with Crippen LogP contribution in [0.25, 0.3) is 11.0 Å². The number of aryl methyl sites for hydroxylation is 2. The van der Waals surface area contributed by atoms with E-state index < -0.39 is 11.2 Å². The Morgan fingerprint density at radius 3 is 2.79 bits per heavy atom. The molecule has 0 aliphatic heterocycles. The maximum Gasteiger partial charge on any atom is 0.331 e. The van der Waals surface area contributed by atoms with E-state index in [2.05, 4.69) is 9.69 Å². The van der Waals surface area contributed by atoms with Crippen molar-refractivity contribution in [2.24, 2.45) is 7.05 Å². The molecule has 3 aromatic rings. The Morgan fingerprint density at radius 1 is 1.29 bits per heavy atom. The molecule has 0 aliphatic rings. The van der Waals surface area contributed by atoms with Crippen molar-refractivity contribution in [3.8, 4) is 0 Å². The fraction of sp³-hybridized carbons (Fsp3) is 0.250. The zero-order valence-electron chi connectivity index (χ0n) is 13.5. The summed E-state index contributed by atoms with van der Waals surface area (Å²) in [6, 6.07) is 5.76. The third-order valence-electron chi connectivity index (χ3n) is 3.84. The molecule has 1 aromatic carbocycles. The average molecular weight is 344 g/mol. The second kappa shape index (κ2) is 6.04. The molecule has 2 aromatic heterocycles. The number of aromatic nitrogens is 3. The molecule has 1 amide bonds. The Kier molecular flexibility index (Phi) is 4.06. The Labute approximate surface area is 141 Å². The van der Waals surface area contributed by atoms with Gasteiger partial charge in [0.25, 0.3) is 5.56 Å². The molecule has 8 heteroatoms. The van der Waals surface area contributed by atoms with Gasteiger partial charge < -0.3 is 5.32 Å². The minimum Gasteiger partial charge on any atom is -0.324 e. The van der Waals surface area contributed by atoms with Gasteiger partial charge in [0.2, 0.25) is 5.91 Å². The van der Waals surface area contributed by atoms with Crippen molar-refractivity contribution in [3.05, 3.63) is 55.5 Å². The van der Waals surface area contributed by atoms with Gasteiger partial charge in [0.15, 0.2) is 5.52 Å². The van der Waals surface area contributed by atoms with Crippen LogP contribution in [0.5, 0.6) is 0 Å². The molecule has 24 heavy (non-hydrogen) atoms. The standard InChI is InChI=1S/C16H16N4O3S/c1-9-4-5-10(2)11(6-9)17-13(21)7-20-12-8-24-18-14(12)15(22)19(3)16(20)23/h4-6,8H,7H2,1-3H3,(H,17,21). The fourth-order valence-electron chi connectivity index (χ4n) is 2.46. The van der Waals surface area contributed by atoms with E-state index in [1.165, 1.54) is 11.6 Å². The maximum absolute atomic E-state index is 12.4. The molecular formula is C16H16N4O3S. The van der Waals surface area contributed by atoms with E-state index in [4.69, 9.17) is 0 Å². The van der Waals surface area contributed by atoms with E-state index in [0.29, 0.717) is 11.2 Å². The van der Waals surface area contributed by atoms with Gasteiger partial charge in [0.05, 0.1) is 5.52 Å². The van der Waals surface area contributed by atoms with Crippen molar-refractivity contribution in [2.45, 2.75) is 20.4 Å². The highest BCUT2D eigenvalue weighted by Crippen LogP contribution is 2.16. The van der Waals surface area contributed by atoms with Gasteiger partial charge >= 0.3 is 5.69 Å². The number of fused-ring (bicyclic) bond motifs is 1. The summed E-state index contributed by atoms with van der Waals surface area (Å²) in [5.74, 6) is -0.336. The van der Waals surface area contributed by atoms with E-state index in [0.717, 1.165) is 27.2 Å². The van der Waals surface area contributed by atoms with Gasteiger partial charge in [-0.05, 0) is 42.6 Å². The summed E-state index contributed by atoms with van der Waals surface area (Å²) < 4.78 is 6.24. The van der Waals surface area contributed by atoms with Crippen LogP contribution >= 0.6 is 11.5 Å². The summed E-state index contributed by atoms with van der Waals surface area (Å²) >= 11 is 1.08. The quantitative estimate of drug-likeness (QED) is 0.778. The lowest BCUT2D eigenvalue weighted by Gasteiger charge is -2.12. The van der Waals surface area contributed by atoms with Crippen LogP contribution in [0.1, 0.15) is 11.1 Å². The summed E-state index contributed by atoms with van der Waals surface area (Å²) in [4.78, 5) is 36.7. The number of nitrogens with zero attached hydrogens (tertiary/aromatic N) is 3. The average Bonchev–Trinajstić information content (AvgIpc) is 3.02. The number of anilines is 1. The molecule has 0 aliphatic carbocycles. The molecule has 0 fully saturated rings. The van der Waals surface area contributed by atoms with Crippen LogP contribution in [0.15, 0.2) is 33.2 Å². The van der Waals surface area contributed by atoms with Crippen molar-refractivity contribution < 1.29 is 4.79 Å². The van der Waals surface area contributed by atoms with Crippen molar-refractivity contribution >= 4 is 34.2 Å². The highest BCUT2D eigenvalue weighted by Gasteiger charge is 2.15. The minimum absolute atomic E-state index is 0.185. The van der Waals surface area contributed by atoms with Crippen LogP contribution in [0.2, 0.25) is 0 Å². The Bertz CT molecular complexity index is 1060. The van der Waals surface area contributed by atoms with E-state index in [-0.39, 0.29) is 18.0 Å². The van der Waals surface area contributed by atoms with Gasteiger partial charge in [-0.1, -0.05) is 12.1 Å². The second-order valence-corrected chi connectivity index (χ2v) is 6.28. The highest BCUT2D eigenvalue weighted by atomic mass is 32.1. The van der Waals surface area contributed by atoms with Crippen LogP contribution in [-0.4, -0.2) is 19.4 Å². The molecule has 7 nitrogen and oxygen atoms in total. The molecular weight excluding hydrogens is 328 g/mol. The van der Waals surface area contributed by atoms with E-state index in [1.807, 2.05) is 32.0 Å². The van der Waals surface area contributed by atoms with Crippen LogP contribution in [0.4, 0.5) is 5.69 Å². The number of carbonyl (C=O) groups excluding carboxylic acids is 1. The van der Waals surface area contributed by atoms with Crippen LogP contribution < -0.4 is 16.6 Å². The van der Waals surface area contributed by atoms with Gasteiger partial charge in [-0.2, -0.15) is 4.37 Å². The fourth-order valence-corrected chi connectivity index (χ4v) is 3.13. The lowest BCUT2D eigenvalue weighted by molar-refractivity contribution is -0.116. The molecule has 0 atom stereocenters. The number of carbonyl (C=O) groups is 1. The van der Waals surface area contributed by atoms with Gasteiger partial charge in [0.1, 0.15) is 6.54 Å². The summed E-state index contributed by atoms with van der Waals surface area (Å²) in [5, 5.41) is 4.42. The monoisotopic (exact) mass is 344 g/mol. The normalized spacial score (nSPS) is 11.0. The van der Waals surface area contributed by atoms with Gasteiger partial charge in [-0.15, -0.1) is 0 Å². The summed E-state index contributed by atoms with van der Waals surface area (Å²) in [7, 11) is 1.38.